The zero-order chi connectivity index (χ0) is 29.0. The molecule has 2 aromatic heterocycles. The minimum Gasteiger partial charge on any atom is -0.434 e. The first-order valence-electron chi connectivity index (χ1n) is 13.7. The summed E-state index contributed by atoms with van der Waals surface area (Å²) in [6.07, 6.45) is 2.56. The monoisotopic (exact) mass is 523 g/mol. The van der Waals surface area contributed by atoms with Crippen LogP contribution in [-0.4, -0.2) is 44.0 Å². The Labute approximate surface area is 219 Å². The van der Waals surface area contributed by atoms with Crippen molar-refractivity contribution >= 4 is 16.9 Å². The van der Waals surface area contributed by atoms with Crippen molar-refractivity contribution in [1.82, 2.24) is 19.4 Å². The van der Waals surface area contributed by atoms with Crippen LogP contribution in [0.2, 0.25) is 0 Å². The first kappa shape index (κ1) is 20.1. The molecule has 2 aliphatic heterocycles. The third-order valence-corrected chi connectivity index (χ3v) is 7.92. The Balaban J connectivity index is 1.47. The number of alkyl halides is 2. The van der Waals surface area contributed by atoms with E-state index in [1.165, 1.54) is 29.0 Å². The van der Waals surface area contributed by atoms with Crippen LogP contribution >= 0.6 is 0 Å². The van der Waals surface area contributed by atoms with Gasteiger partial charge in [0, 0.05) is 46.0 Å². The SMILES string of the molecule is [2H]C([2H])([2H])N1C(=O)c2cccc(OC(F)F)c2[C@H]2C[C@@H]1c1nc3ccc(-c4cnc5c(c4)CCC5(C)O)c(F)c3n12. The van der Waals surface area contributed by atoms with Crippen LogP contribution in [0.1, 0.15) is 69.0 Å². The number of benzene rings is 2. The van der Waals surface area contributed by atoms with E-state index in [0.29, 0.717) is 24.1 Å². The van der Waals surface area contributed by atoms with Gasteiger partial charge in [0.1, 0.15) is 22.7 Å². The molecule has 3 aliphatic rings. The molecule has 2 bridgehead atoms. The number of rotatable bonds is 3. The van der Waals surface area contributed by atoms with Gasteiger partial charge in [-0.3, -0.25) is 9.78 Å². The molecular formula is C28H23F3N4O3. The number of aromatic nitrogens is 3. The van der Waals surface area contributed by atoms with E-state index < -0.39 is 43.0 Å². The van der Waals surface area contributed by atoms with E-state index in [9.17, 15) is 18.7 Å². The van der Waals surface area contributed by atoms with Gasteiger partial charge < -0.3 is 19.3 Å². The fourth-order valence-corrected chi connectivity index (χ4v) is 6.20. The van der Waals surface area contributed by atoms with E-state index in [2.05, 4.69) is 9.97 Å². The van der Waals surface area contributed by atoms with Gasteiger partial charge in [-0.05, 0) is 55.7 Å². The quantitative estimate of drug-likeness (QED) is 0.404. The molecule has 0 radical (unpaired) electrons. The summed E-state index contributed by atoms with van der Waals surface area (Å²) in [6.45, 7) is -4.40. The number of carbonyl (C=O) groups excluding carboxylic acids is 1. The molecule has 10 heteroatoms. The zero-order valence-corrected chi connectivity index (χ0v) is 20.1. The molecule has 1 unspecified atom stereocenters. The van der Waals surface area contributed by atoms with Crippen LogP contribution in [0.4, 0.5) is 13.2 Å². The minimum atomic E-state index is -3.20. The molecule has 1 amide bonds. The largest absolute Gasteiger partial charge is 0.434 e. The van der Waals surface area contributed by atoms with Gasteiger partial charge in [-0.2, -0.15) is 8.78 Å². The van der Waals surface area contributed by atoms with Crippen LogP contribution in [0.3, 0.4) is 0 Å². The zero-order valence-electron chi connectivity index (χ0n) is 23.1. The maximum absolute atomic E-state index is 16.5. The smallest absolute Gasteiger partial charge is 0.387 e. The molecule has 0 saturated carbocycles. The summed E-state index contributed by atoms with van der Waals surface area (Å²) in [5.41, 5.74) is 1.22. The Morgan fingerprint density at radius 2 is 2.08 bits per heavy atom. The Kier molecular flexibility index (Phi) is 4.12. The van der Waals surface area contributed by atoms with E-state index in [-0.39, 0.29) is 45.7 Å². The van der Waals surface area contributed by atoms with Crippen LogP contribution in [0.15, 0.2) is 42.6 Å². The molecule has 7 rings (SSSR count). The minimum absolute atomic E-state index is 0.0157. The summed E-state index contributed by atoms with van der Waals surface area (Å²) in [5.74, 6) is -1.67. The number of hydrogen-bond acceptors (Lipinski definition) is 5. The third kappa shape index (κ3) is 3.09. The third-order valence-electron chi connectivity index (χ3n) is 7.92. The highest BCUT2D eigenvalue weighted by atomic mass is 19.3. The molecule has 38 heavy (non-hydrogen) atoms. The highest BCUT2D eigenvalue weighted by molar-refractivity contribution is 5.98. The number of aliphatic hydroxyl groups is 1. The van der Waals surface area contributed by atoms with Crippen molar-refractivity contribution in [3.8, 4) is 16.9 Å². The molecule has 194 valence electrons. The van der Waals surface area contributed by atoms with Crippen molar-refractivity contribution in [3.05, 3.63) is 76.6 Å². The number of hydrogen-bond donors (Lipinski definition) is 1. The second kappa shape index (κ2) is 7.80. The lowest BCUT2D eigenvalue weighted by atomic mass is 9.97. The number of fused-ring (bicyclic) bond motifs is 10. The fourth-order valence-electron chi connectivity index (χ4n) is 6.20. The first-order valence-corrected chi connectivity index (χ1v) is 12.2. The Morgan fingerprint density at radius 1 is 1.24 bits per heavy atom. The van der Waals surface area contributed by atoms with Crippen molar-refractivity contribution < 1.29 is 31.9 Å². The van der Waals surface area contributed by atoms with Gasteiger partial charge in [-0.25, -0.2) is 9.37 Å². The van der Waals surface area contributed by atoms with Crippen molar-refractivity contribution in [2.24, 2.45) is 0 Å². The Morgan fingerprint density at radius 3 is 2.87 bits per heavy atom. The molecule has 0 spiro atoms. The van der Waals surface area contributed by atoms with Crippen molar-refractivity contribution in [2.45, 2.75) is 50.5 Å². The van der Waals surface area contributed by atoms with Crippen molar-refractivity contribution in [3.63, 3.8) is 0 Å². The highest BCUT2D eigenvalue weighted by Crippen LogP contribution is 2.50. The average Bonchev–Trinajstić information content (AvgIpc) is 3.50. The number of nitrogens with zero attached hydrogens (tertiary/aromatic N) is 4. The summed E-state index contributed by atoms with van der Waals surface area (Å²) < 4.78 is 74.0. The fraction of sp³-hybridized carbons (Fsp3) is 0.321. The van der Waals surface area contributed by atoms with Gasteiger partial charge in [0.15, 0.2) is 5.82 Å². The van der Waals surface area contributed by atoms with Gasteiger partial charge >= 0.3 is 6.61 Å². The molecule has 0 fully saturated rings. The van der Waals surface area contributed by atoms with E-state index >= 15 is 4.39 Å². The van der Waals surface area contributed by atoms with Crippen molar-refractivity contribution in [1.29, 1.82) is 0 Å². The highest BCUT2D eigenvalue weighted by Gasteiger charge is 2.45. The van der Waals surface area contributed by atoms with Crippen LogP contribution in [0.25, 0.3) is 22.2 Å². The van der Waals surface area contributed by atoms with E-state index in [4.69, 9.17) is 8.85 Å². The van der Waals surface area contributed by atoms with Gasteiger partial charge in [-0.1, -0.05) is 6.07 Å². The number of aryl methyl sites for hydroxylation is 1. The lowest BCUT2D eigenvalue weighted by Crippen LogP contribution is -2.30. The summed E-state index contributed by atoms with van der Waals surface area (Å²) in [5, 5.41) is 10.6. The van der Waals surface area contributed by atoms with E-state index in [1.54, 1.807) is 25.1 Å². The number of amides is 1. The summed E-state index contributed by atoms with van der Waals surface area (Å²) in [7, 11) is 0. The molecule has 4 heterocycles. The molecule has 0 saturated heterocycles. The van der Waals surface area contributed by atoms with Gasteiger partial charge in [-0.15, -0.1) is 0 Å². The standard InChI is InChI=1S/C28H23F3N4O3/c1-28(37)9-8-13-10-14(12-32-24(13)28)15-6-7-17-23(22(15)29)35-18-11-19(25(35)33-17)34(2)26(36)16-4-3-5-20(21(16)18)38-27(30)31/h3-7,10,12,18-19,27,37H,8-9,11H2,1-2H3/t18-,19-,28?/m1/s1/i2D3. The second-order valence-corrected chi connectivity index (χ2v) is 10.2. The molecule has 3 atom stereocenters. The lowest BCUT2D eigenvalue weighted by Gasteiger charge is -2.24. The topological polar surface area (TPSA) is 80.5 Å². The lowest BCUT2D eigenvalue weighted by molar-refractivity contribution is -0.0507. The van der Waals surface area contributed by atoms with Crippen LogP contribution in [0.5, 0.6) is 5.75 Å². The van der Waals surface area contributed by atoms with Gasteiger partial charge in [0.25, 0.3) is 5.91 Å². The average molecular weight is 524 g/mol. The molecule has 1 N–H and O–H groups in total. The van der Waals surface area contributed by atoms with Crippen LogP contribution in [0, 0.1) is 5.82 Å². The number of imidazole rings is 1. The number of carbonyl (C=O) groups is 1. The first-order chi connectivity index (χ1) is 19.4. The molecule has 7 nitrogen and oxygen atoms in total. The summed E-state index contributed by atoms with van der Waals surface area (Å²) in [4.78, 5) is 23.3. The second-order valence-electron chi connectivity index (χ2n) is 10.2. The van der Waals surface area contributed by atoms with E-state index in [0.717, 1.165) is 10.5 Å². The normalized spacial score (nSPS) is 25.1. The summed E-state index contributed by atoms with van der Waals surface area (Å²) in [6, 6.07) is 6.95. The summed E-state index contributed by atoms with van der Waals surface area (Å²) >= 11 is 0. The molecule has 2 aromatic carbocycles. The number of pyridine rings is 1. The Bertz CT molecular complexity index is 1770. The van der Waals surface area contributed by atoms with Gasteiger partial charge in [0.05, 0.1) is 23.3 Å². The maximum Gasteiger partial charge on any atom is 0.387 e. The number of ether oxygens (including phenoxy) is 1. The van der Waals surface area contributed by atoms with Crippen LogP contribution < -0.4 is 4.74 Å². The number of halogens is 3. The van der Waals surface area contributed by atoms with Crippen molar-refractivity contribution in [2.75, 3.05) is 6.98 Å². The molecule has 1 aliphatic carbocycles. The van der Waals surface area contributed by atoms with Gasteiger partial charge in [0.2, 0.25) is 0 Å². The predicted octanol–water partition coefficient (Wildman–Crippen LogP) is 5.11. The van der Waals surface area contributed by atoms with Crippen LogP contribution in [-0.2, 0) is 12.0 Å². The predicted molar refractivity (Wildman–Crippen MR) is 131 cm³/mol. The molecular weight excluding hydrogens is 497 g/mol. The Hall–Kier alpha value is -3.92. The maximum atomic E-state index is 16.5. The van der Waals surface area contributed by atoms with E-state index in [1.807, 2.05) is 0 Å². The molecule has 4 aromatic rings.